The average Bonchev–Trinajstić information content (AvgIpc) is 2.25. The van der Waals surface area contributed by atoms with E-state index in [2.05, 4.69) is 10.0 Å². The SMILES string of the molecule is [N-]=[N+]=NCC(O)C(O)c1ccc(N)cc1Cl. The Morgan fingerprint density at radius 2 is 2.19 bits per heavy atom. The van der Waals surface area contributed by atoms with E-state index in [0.717, 1.165) is 0 Å². The number of hydrogen-bond acceptors (Lipinski definition) is 4. The predicted octanol–water partition coefficient (Wildman–Crippen LogP) is 1.63. The molecule has 0 aliphatic rings. The average molecular weight is 243 g/mol. The van der Waals surface area contributed by atoms with Crippen molar-refractivity contribution in [1.29, 1.82) is 0 Å². The van der Waals surface area contributed by atoms with E-state index >= 15 is 0 Å². The van der Waals surface area contributed by atoms with Crippen LogP contribution in [0.5, 0.6) is 0 Å². The molecule has 0 saturated carbocycles. The van der Waals surface area contributed by atoms with Crippen LogP contribution in [0.2, 0.25) is 5.02 Å². The van der Waals surface area contributed by atoms with Gasteiger partial charge in [0.25, 0.3) is 0 Å². The van der Waals surface area contributed by atoms with Crippen molar-refractivity contribution in [2.75, 3.05) is 12.3 Å². The summed E-state index contributed by atoms with van der Waals surface area (Å²) in [6, 6.07) is 4.55. The lowest BCUT2D eigenvalue weighted by atomic mass is 10.0. The Labute approximate surface area is 96.9 Å². The van der Waals surface area contributed by atoms with Gasteiger partial charge in [0.15, 0.2) is 0 Å². The largest absolute Gasteiger partial charge is 0.399 e. The molecule has 0 radical (unpaired) electrons. The van der Waals surface area contributed by atoms with Crippen LogP contribution in [0, 0.1) is 0 Å². The van der Waals surface area contributed by atoms with Gasteiger partial charge in [-0.25, -0.2) is 0 Å². The van der Waals surface area contributed by atoms with Crippen molar-refractivity contribution in [2.45, 2.75) is 12.2 Å². The monoisotopic (exact) mass is 242 g/mol. The van der Waals surface area contributed by atoms with Crippen molar-refractivity contribution in [1.82, 2.24) is 0 Å². The molecule has 0 aliphatic carbocycles. The standard InChI is InChI=1S/C9H11ClN4O2/c10-7-3-5(11)1-2-6(7)9(16)8(15)4-13-14-12/h1-3,8-9,15-16H,4,11H2. The topological polar surface area (TPSA) is 115 Å². The fourth-order valence-electron chi connectivity index (χ4n) is 1.21. The molecule has 4 N–H and O–H groups in total. The molecule has 0 aromatic heterocycles. The van der Waals surface area contributed by atoms with Gasteiger partial charge >= 0.3 is 0 Å². The van der Waals surface area contributed by atoms with E-state index in [4.69, 9.17) is 22.9 Å². The van der Waals surface area contributed by atoms with Crippen molar-refractivity contribution in [3.8, 4) is 0 Å². The molecule has 86 valence electrons. The molecule has 6 nitrogen and oxygen atoms in total. The molecular formula is C9H11ClN4O2. The van der Waals surface area contributed by atoms with Crippen LogP contribution in [0.3, 0.4) is 0 Å². The van der Waals surface area contributed by atoms with Gasteiger partial charge in [-0.05, 0) is 17.7 Å². The highest BCUT2D eigenvalue weighted by molar-refractivity contribution is 6.31. The third kappa shape index (κ3) is 3.01. The molecule has 16 heavy (non-hydrogen) atoms. The van der Waals surface area contributed by atoms with E-state index in [9.17, 15) is 10.2 Å². The number of hydrogen-bond donors (Lipinski definition) is 3. The van der Waals surface area contributed by atoms with Crippen molar-refractivity contribution in [3.05, 3.63) is 39.2 Å². The van der Waals surface area contributed by atoms with Crippen LogP contribution in [0.4, 0.5) is 5.69 Å². The van der Waals surface area contributed by atoms with Gasteiger partial charge in [0.05, 0.1) is 12.6 Å². The van der Waals surface area contributed by atoms with Gasteiger partial charge in [-0.15, -0.1) is 0 Å². The van der Waals surface area contributed by atoms with E-state index in [-0.39, 0.29) is 11.6 Å². The van der Waals surface area contributed by atoms with Gasteiger partial charge in [-0.3, -0.25) is 0 Å². The van der Waals surface area contributed by atoms with Crippen LogP contribution in [-0.2, 0) is 0 Å². The summed E-state index contributed by atoms with van der Waals surface area (Å²) in [6.45, 7) is -0.224. The first-order chi connectivity index (χ1) is 7.56. The molecule has 0 aliphatic heterocycles. The third-order valence-corrected chi connectivity index (χ3v) is 2.37. The number of benzene rings is 1. The van der Waals surface area contributed by atoms with E-state index in [1.54, 1.807) is 6.07 Å². The lowest BCUT2D eigenvalue weighted by molar-refractivity contribution is 0.0245. The number of rotatable bonds is 4. The van der Waals surface area contributed by atoms with Gasteiger partial charge in [0, 0.05) is 21.2 Å². The molecule has 0 spiro atoms. The predicted molar refractivity (Wildman–Crippen MR) is 60.8 cm³/mol. The summed E-state index contributed by atoms with van der Waals surface area (Å²) in [4.78, 5) is 2.49. The van der Waals surface area contributed by atoms with Crippen LogP contribution >= 0.6 is 11.6 Å². The first-order valence-corrected chi connectivity index (χ1v) is 4.86. The Morgan fingerprint density at radius 3 is 2.75 bits per heavy atom. The van der Waals surface area contributed by atoms with Crippen LogP contribution < -0.4 is 5.73 Å². The zero-order chi connectivity index (χ0) is 12.1. The summed E-state index contributed by atoms with van der Waals surface area (Å²) < 4.78 is 0. The van der Waals surface area contributed by atoms with E-state index in [1.807, 2.05) is 0 Å². The molecule has 0 heterocycles. The fraction of sp³-hybridized carbons (Fsp3) is 0.333. The second-order valence-corrected chi connectivity index (χ2v) is 3.61. The highest BCUT2D eigenvalue weighted by Crippen LogP contribution is 2.27. The Morgan fingerprint density at radius 1 is 1.50 bits per heavy atom. The second kappa shape index (κ2) is 5.58. The smallest absolute Gasteiger partial charge is 0.106 e. The van der Waals surface area contributed by atoms with Gasteiger partial charge in [-0.1, -0.05) is 22.8 Å². The first kappa shape index (κ1) is 12.6. The molecule has 1 aromatic rings. The Bertz CT molecular complexity index is 420. The number of anilines is 1. The molecule has 0 fully saturated rings. The van der Waals surface area contributed by atoms with Crippen molar-refractivity contribution >= 4 is 17.3 Å². The van der Waals surface area contributed by atoms with Crippen molar-refractivity contribution < 1.29 is 10.2 Å². The molecule has 0 bridgehead atoms. The van der Waals surface area contributed by atoms with Crippen LogP contribution in [0.1, 0.15) is 11.7 Å². The van der Waals surface area contributed by atoms with Gasteiger partial charge in [0.2, 0.25) is 0 Å². The van der Waals surface area contributed by atoms with Crippen molar-refractivity contribution in [2.24, 2.45) is 5.11 Å². The molecule has 1 rings (SSSR count). The second-order valence-electron chi connectivity index (χ2n) is 3.21. The Balaban J connectivity index is 2.86. The van der Waals surface area contributed by atoms with Crippen LogP contribution in [0.25, 0.3) is 10.4 Å². The van der Waals surface area contributed by atoms with Gasteiger partial charge in [0.1, 0.15) is 6.10 Å². The molecule has 7 heteroatoms. The van der Waals surface area contributed by atoms with Crippen LogP contribution in [-0.4, -0.2) is 22.9 Å². The number of azide groups is 1. The highest BCUT2D eigenvalue weighted by Gasteiger charge is 2.19. The zero-order valence-corrected chi connectivity index (χ0v) is 9.04. The highest BCUT2D eigenvalue weighted by atomic mass is 35.5. The lowest BCUT2D eigenvalue weighted by Gasteiger charge is -2.17. The molecule has 0 amide bonds. The minimum atomic E-state index is -1.21. The molecule has 2 atom stereocenters. The summed E-state index contributed by atoms with van der Waals surface area (Å²) in [5.41, 5.74) is 14.4. The maximum Gasteiger partial charge on any atom is 0.106 e. The molecule has 2 unspecified atom stereocenters. The minimum absolute atomic E-state index is 0.224. The van der Waals surface area contributed by atoms with Crippen LogP contribution in [0.15, 0.2) is 23.3 Å². The summed E-state index contributed by atoms with van der Waals surface area (Å²) in [7, 11) is 0. The van der Waals surface area contributed by atoms with Gasteiger partial charge in [-0.2, -0.15) is 0 Å². The van der Waals surface area contributed by atoms with E-state index in [0.29, 0.717) is 11.3 Å². The number of nitrogen functional groups attached to an aromatic ring is 1. The fourth-order valence-corrected chi connectivity index (χ4v) is 1.51. The molecular weight excluding hydrogens is 232 g/mol. The molecule has 0 saturated heterocycles. The summed E-state index contributed by atoms with van der Waals surface area (Å²) >= 11 is 5.85. The van der Waals surface area contributed by atoms with E-state index < -0.39 is 12.2 Å². The number of aliphatic hydroxyl groups is 2. The quantitative estimate of drug-likeness (QED) is 0.322. The zero-order valence-electron chi connectivity index (χ0n) is 8.29. The minimum Gasteiger partial charge on any atom is -0.399 e. The van der Waals surface area contributed by atoms with E-state index in [1.165, 1.54) is 12.1 Å². The number of aliphatic hydroxyl groups excluding tert-OH is 2. The number of nitrogens with zero attached hydrogens (tertiary/aromatic N) is 3. The summed E-state index contributed by atoms with van der Waals surface area (Å²) in [5.74, 6) is 0. The Kier molecular flexibility index (Phi) is 4.39. The summed E-state index contributed by atoms with van der Waals surface area (Å²) in [5, 5.41) is 22.6. The number of nitrogens with two attached hydrogens (primary N) is 1. The molecule has 1 aromatic carbocycles. The maximum absolute atomic E-state index is 9.73. The summed E-state index contributed by atoms with van der Waals surface area (Å²) in [6.07, 6.45) is -2.41. The maximum atomic E-state index is 9.73. The van der Waals surface area contributed by atoms with Crippen molar-refractivity contribution in [3.63, 3.8) is 0 Å². The number of halogens is 1. The first-order valence-electron chi connectivity index (χ1n) is 4.48. The van der Waals surface area contributed by atoms with Gasteiger partial charge < -0.3 is 15.9 Å². The lowest BCUT2D eigenvalue weighted by Crippen LogP contribution is -2.21. The third-order valence-electron chi connectivity index (χ3n) is 2.04. The Hall–Kier alpha value is -1.46. The normalized spacial score (nSPS) is 13.9.